The first-order valence-electron chi connectivity index (χ1n) is 8.16. The fourth-order valence-electron chi connectivity index (χ4n) is 3.24. The third-order valence-electron chi connectivity index (χ3n) is 4.69. The first-order chi connectivity index (χ1) is 12.3. The van der Waals surface area contributed by atoms with Crippen LogP contribution in [-0.2, 0) is 24.3 Å². The minimum absolute atomic E-state index is 0.0242. The largest absolute Gasteiger partial charge is 0.481 e. The van der Waals surface area contributed by atoms with Gasteiger partial charge < -0.3 is 9.84 Å². The summed E-state index contributed by atoms with van der Waals surface area (Å²) in [7, 11) is -2.87. The second-order valence-electron chi connectivity index (χ2n) is 6.24. The molecule has 2 aromatic rings. The lowest BCUT2D eigenvalue weighted by Crippen LogP contribution is -2.52. The average molecular weight is 377 g/mol. The van der Waals surface area contributed by atoms with Gasteiger partial charge in [-0.15, -0.1) is 0 Å². The standard InChI is InChI=1S/C18H19NO6S/c1-25-18(22)16-9-7-14(17(20)21)11-19(16)26(23,24)15-8-6-12-4-2-3-5-13(12)10-15/h2-6,8,10,14,16H,7,9,11H2,1H3,(H,20,21). The highest BCUT2D eigenvalue weighted by Gasteiger charge is 2.43. The smallest absolute Gasteiger partial charge is 0.324 e. The zero-order valence-corrected chi connectivity index (χ0v) is 15.0. The molecule has 0 amide bonds. The van der Waals surface area contributed by atoms with Gasteiger partial charge in [-0.05, 0) is 35.7 Å². The highest BCUT2D eigenvalue weighted by molar-refractivity contribution is 7.89. The maximum absolute atomic E-state index is 13.2. The third kappa shape index (κ3) is 3.30. The maximum atomic E-state index is 13.2. The number of nitrogens with zero attached hydrogens (tertiary/aromatic N) is 1. The van der Waals surface area contributed by atoms with Crippen LogP contribution < -0.4 is 0 Å². The van der Waals surface area contributed by atoms with E-state index in [2.05, 4.69) is 0 Å². The molecule has 1 N–H and O–H groups in total. The van der Waals surface area contributed by atoms with Crippen LogP contribution in [0.3, 0.4) is 0 Å². The van der Waals surface area contributed by atoms with Gasteiger partial charge in [0.25, 0.3) is 0 Å². The van der Waals surface area contributed by atoms with Gasteiger partial charge in [0.15, 0.2) is 0 Å². The molecule has 2 atom stereocenters. The quantitative estimate of drug-likeness (QED) is 0.817. The van der Waals surface area contributed by atoms with Gasteiger partial charge >= 0.3 is 11.9 Å². The fourth-order valence-corrected chi connectivity index (χ4v) is 4.93. The van der Waals surface area contributed by atoms with Crippen molar-refractivity contribution in [2.75, 3.05) is 13.7 Å². The van der Waals surface area contributed by atoms with Crippen molar-refractivity contribution in [1.82, 2.24) is 4.31 Å². The summed E-state index contributed by atoms with van der Waals surface area (Å²) in [4.78, 5) is 23.4. The van der Waals surface area contributed by atoms with Gasteiger partial charge in [0.2, 0.25) is 10.0 Å². The number of aliphatic carboxylic acids is 1. The number of esters is 1. The van der Waals surface area contributed by atoms with Crippen LogP contribution in [0.5, 0.6) is 0 Å². The van der Waals surface area contributed by atoms with Gasteiger partial charge in [-0.25, -0.2) is 8.42 Å². The number of piperidine rings is 1. The summed E-state index contributed by atoms with van der Waals surface area (Å²) in [6, 6.07) is 11.0. The highest BCUT2D eigenvalue weighted by atomic mass is 32.2. The number of benzene rings is 2. The molecule has 8 heteroatoms. The number of ether oxygens (including phenoxy) is 1. The Labute approximate surface area is 151 Å². The van der Waals surface area contributed by atoms with E-state index < -0.39 is 33.9 Å². The lowest BCUT2D eigenvalue weighted by molar-refractivity contribution is -0.150. The van der Waals surface area contributed by atoms with Crippen LogP contribution in [0.1, 0.15) is 12.8 Å². The molecular formula is C18H19NO6S. The zero-order valence-electron chi connectivity index (χ0n) is 14.2. The Hall–Kier alpha value is -2.45. The predicted molar refractivity (Wildman–Crippen MR) is 94.0 cm³/mol. The molecule has 1 aliphatic rings. The van der Waals surface area contributed by atoms with Crippen molar-refractivity contribution in [3.05, 3.63) is 42.5 Å². The van der Waals surface area contributed by atoms with Crippen molar-refractivity contribution in [2.45, 2.75) is 23.8 Å². The molecule has 1 fully saturated rings. The Morgan fingerprint density at radius 3 is 2.46 bits per heavy atom. The Balaban J connectivity index is 2.04. The van der Waals surface area contributed by atoms with E-state index in [0.717, 1.165) is 15.1 Å². The number of fused-ring (bicyclic) bond motifs is 1. The van der Waals surface area contributed by atoms with Crippen molar-refractivity contribution in [1.29, 1.82) is 0 Å². The fraction of sp³-hybridized carbons (Fsp3) is 0.333. The second kappa shape index (κ2) is 7.05. The third-order valence-corrected chi connectivity index (χ3v) is 6.56. The molecule has 26 heavy (non-hydrogen) atoms. The van der Waals surface area contributed by atoms with Crippen molar-refractivity contribution >= 4 is 32.7 Å². The van der Waals surface area contributed by atoms with Gasteiger partial charge in [-0.2, -0.15) is 4.31 Å². The summed E-state index contributed by atoms with van der Waals surface area (Å²) in [5.74, 6) is -2.61. The molecule has 0 spiro atoms. The lowest BCUT2D eigenvalue weighted by atomic mass is 9.95. The number of sulfonamides is 1. The number of hydrogen-bond donors (Lipinski definition) is 1. The van der Waals surface area contributed by atoms with Crippen molar-refractivity contribution < 1.29 is 27.9 Å². The van der Waals surface area contributed by atoms with Crippen LogP contribution in [0.4, 0.5) is 0 Å². The number of carbonyl (C=O) groups is 2. The number of rotatable bonds is 4. The maximum Gasteiger partial charge on any atom is 0.324 e. The van der Waals surface area contributed by atoms with E-state index in [1.165, 1.54) is 19.2 Å². The Kier molecular flexibility index (Phi) is 4.97. The Morgan fingerprint density at radius 2 is 1.81 bits per heavy atom. The van der Waals surface area contributed by atoms with Crippen LogP contribution >= 0.6 is 0 Å². The molecule has 0 radical (unpaired) electrons. The number of hydrogen-bond acceptors (Lipinski definition) is 5. The van der Waals surface area contributed by atoms with E-state index in [1.54, 1.807) is 18.2 Å². The molecule has 1 aliphatic heterocycles. The first kappa shape index (κ1) is 18.3. The molecule has 138 valence electrons. The average Bonchev–Trinajstić information content (AvgIpc) is 2.66. The minimum atomic E-state index is -4.06. The minimum Gasteiger partial charge on any atom is -0.481 e. The normalized spacial score (nSPS) is 21.4. The topological polar surface area (TPSA) is 101 Å². The van der Waals surface area contributed by atoms with Crippen LogP contribution in [0.15, 0.2) is 47.4 Å². The van der Waals surface area contributed by atoms with Gasteiger partial charge in [0, 0.05) is 6.54 Å². The van der Waals surface area contributed by atoms with Crippen LogP contribution in [0.25, 0.3) is 10.8 Å². The van der Waals surface area contributed by atoms with E-state index in [4.69, 9.17) is 4.74 Å². The van der Waals surface area contributed by atoms with Gasteiger partial charge in [-0.3, -0.25) is 9.59 Å². The zero-order chi connectivity index (χ0) is 18.9. The summed E-state index contributed by atoms with van der Waals surface area (Å²) in [5.41, 5.74) is 0. The lowest BCUT2D eigenvalue weighted by Gasteiger charge is -2.35. The Morgan fingerprint density at radius 1 is 1.12 bits per heavy atom. The summed E-state index contributed by atoms with van der Waals surface area (Å²) < 4.78 is 32.0. The van der Waals surface area contributed by atoms with Crippen molar-refractivity contribution in [3.63, 3.8) is 0 Å². The van der Waals surface area contributed by atoms with Crippen LogP contribution in [0.2, 0.25) is 0 Å². The molecule has 0 bridgehead atoms. The highest BCUT2D eigenvalue weighted by Crippen LogP contribution is 2.30. The number of carboxylic acids is 1. The molecule has 0 saturated carbocycles. The van der Waals surface area contributed by atoms with E-state index in [9.17, 15) is 23.1 Å². The number of methoxy groups -OCH3 is 1. The summed E-state index contributed by atoms with van der Waals surface area (Å²) in [6.45, 7) is -0.260. The Bertz CT molecular complexity index is 955. The summed E-state index contributed by atoms with van der Waals surface area (Å²) in [5, 5.41) is 10.9. The van der Waals surface area contributed by atoms with E-state index in [0.29, 0.717) is 0 Å². The molecule has 0 aromatic heterocycles. The molecule has 7 nitrogen and oxygen atoms in total. The molecule has 1 heterocycles. The number of carboxylic acid groups (broad SMARTS) is 1. The molecule has 2 unspecified atom stereocenters. The van der Waals surface area contributed by atoms with E-state index in [-0.39, 0.29) is 24.3 Å². The van der Waals surface area contributed by atoms with Crippen LogP contribution in [-0.4, -0.2) is 49.5 Å². The molecule has 2 aromatic carbocycles. The monoisotopic (exact) mass is 377 g/mol. The summed E-state index contributed by atoms with van der Waals surface area (Å²) in [6.07, 6.45) is 0.329. The second-order valence-corrected chi connectivity index (χ2v) is 8.13. The first-order valence-corrected chi connectivity index (χ1v) is 9.60. The molecule has 0 aliphatic carbocycles. The van der Waals surface area contributed by atoms with Crippen molar-refractivity contribution in [2.24, 2.45) is 5.92 Å². The molecule has 1 saturated heterocycles. The van der Waals surface area contributed by atoms with Gasteiger partial charge in [0.05, 0.1) is 17.9 Å². The van der Waals surface area contributed by atoms with E-state index in [1.807, 2.05) is 12.1 Å². The SMILES string of the molecule is COC(=O)C1CCC(C(=O)O)CN1S(=O)(=O)c1ccc2ccccc2c1. The van der Waals surface area contributed by atoms with Gasteiger partial charge in [0.1, 0.15) is 6.04 Å². The van der Waals surface area contributed by atoms with Crippen LogP contribution in [0, 0.1) is 5.92 Å². The van der Waals surface area contributed by atoms with E-state index >= 15 is 0 Å². The molecule has 3 rings (SSSR count). The summed E-state index contributed by atoms with van der Waals surface area (Å²) >= 11 is 0. The number of carbonyl (C=O) groups excluding carboxylic acids is 1. The van der Waals surface area contributed by atoms with Crippen molar-refractivity contribution in [3.8, 4) is 0 Å². The molecular weight excluding hydrogens is 358 g/mol. The predicted octanol–water partition coefficient (Wildman–Crippen LogP) is 1.87. The van der Waals surface area contributed by atoms with Gasteiger partial charge in [-0.1, -0.05) is 30.3 Å².